The lowest BCUT2D eigenvalue weighted by molar-refractivity contribution is -0.113. The molecule has 0 spiro atoms. The molecule has 0 atom stereocenters. The van der Waals surface area contributed by atoms with Gasteiger partial charge < -0.3 is 0 Å². The van der Waals surface area contributed by atoms with Crippen molar-refractivity contribution in [2.75, 3.05) is 10.1 Å². The van der Waals surface area contributed by atoms with Gasteiger partial charge in [0.25, 0.3) is 5.78 Å². The SMILES string of the molecule is CCCCCCCCS(=O)(=O)N1C(=O)C(=O)c2cc(-c3ccccc3)ccc21. The number of carbonyl (C=O) groups excluding carboxylic acids is 2. The molecule has 6 heteroatoms. The number of sulfonamides is 1. The molecular weight excluding hydrogens is 374 g/mol. The number of hydrogen-bond donors (Lipinski definition) is 0. The van der Waals surface area contributed by atoms with E-state index in [-0.39, 0.29) is 17.0 Å². The molecule has 1 aliphatic heterocycles. The molecule has 0 bridgehead atoms. The van der Waals surface area contributed by atoms with Gasteiger partial charge in [0, 0.05) is 0 Å². The Bertz CT molecular complexity index is 967. The van der Waals surface area contributed by atoms with Gasteiger partial charge in [-0.15, -0.1) is 0 Å². The van der Waals surface area contributed by atoms with E-state index in [4.69, 9.17) is 0 Å². The van der Waals surface area contributed by atoms with Crippen molar-refractivity contribution >= 4 is 27.4 Å². The molecule has 5 nitrogen and oxygen atoms in total. The van der Waals surface area contributed by atoms with Crippen LogP contribution in [0.2, 0.25) is 0 Å². The molecule has 148 valence electrons. The largest absolute Gasteiger partial charge is 0.313 e. The highest BCUT2D eigenvalue weighted by atomic mass is 32.2. The lowest BCUT2D eigenvalue weighted by atomic mass is 10.0. The molecule has 2 aromatic rings. The van der Waals surface area contributed by atoms with Crippen LogP contribution >= 0.6 is 0 Å². The molecule has 0 unspecified atom stereocenters. The number of hydrogen-bond acceptors (Lipinski definition) is 4. The first-order valence-corrected chi connectivity index (χ1v) is 11.4. The summed E-state index contributed by atoms with van der Waals surface area (Å²) in [4.78, 5) is 24.9. The number of nitrogens with zero attached hydrogens (tertiary/aromatic N) is 1. The number of fused-ring (bicyclic) bond motifs is 1. The minimum atomic E-state index is -3.86. The zero-order valence-electron chi connectivity index (χ0n) is 16.1. The second-order valence-corrected chi connectivity index (χ2v) is 9.02. The topological polar surface area (TPSA) is 71.5 Å². The molecule has 0 saturated carbocycles. The Labute approximate surface area is 166 Å². The number of carbonyl (C=O) groups is 2. The zero-order chi connectivity index (χ0) is 20.1. The molecule has 0 saturated heterocycles. The van der Waals surface area contributed by atoms with Crippen molar-refractivity contribution < 1.29 is 18.0 Å². The fourth-order valence-electron chi connectivity index (χ4n) is 3.45. The van der Waals surface area contributed by atoms with Crippen LogP contribution in [0.4, 0.5) is 5.69 Å². The normalized spacial score (nSPS) is 13.8. The fraction of sp³-hybridized carbons (Fsp3) is 0.364. The number of ketones is 1. The number of rotatable bonds is 9. The summed E-state index contributed by atoms with van der Waals surface area (Å²) in [5.74, 6) is -1.87. The van der Waals surface area contributed by atoms with Crippen molar-refractivity contribution in [1.29, 1.82) is 0 Å². The van der Waals surface area contributed by atoms with Gasteiger partial charge in [0.05, 0.1) is 17.0 Å². The Morgan fingerprint density at radius 2 is 1.50 bits per heavy atom. The van der Waals surface area contributed by atoms with Gasteiger partial charge in [-0.05, 0) is 29.7 Å². The first-order valence-electron chi connectivity index (χ1n) is 9.77. The van der Waals surface area contributed by atoms with Crippen molar-refractivity contribution in [3.63, 3.8) is 0 Å². The molecule has 0 fully saturated rings. The van der Waals surface area contributed by atoms with Crippen LogP contribution in [0.15, 0.2) is 48.5 Å². The van der Waals surface area contributed by atoms with Crippen LogP contribution in [0.25, 0.3) is 11.1 Å². The van der Waals surface area contributed by atoms with E-state index in [2.05, 4.69) is 6.92 Å². The Morgan fingerprint density at radius 1 is 0.821 bits per heavy atom. The maximum atomic E-state index is 12.7. The fourth-order valence-corrected chi connectivity index (χ4v) is 5.00. The van der Waals surface area contributed by atoms with E-state index in [1.807, 2.05) is 30.3 Å². The zero-order valence-corrected chi connectivity index (χ0v) is 16.9. The predicted octanol–water partition coefficient (Wildman–Crippen LogP) is 4.57. The van der Waals surface area contributed by atoms with Crippen molar-refractivity contribution in [2.45, 2.75) is 45.4 Å². The third kappa shape index (κ3) is 4.17. The van der Waals surface area contributed by atoms with Crippen molar-refractivity contribution in [3.05, 3.63) is 54.1 Å². The van der Waals surface area contributed by atoms with Gasteiger partial charge in [-0.3, -0.25) is 9.59 Å². The molecule has 1 heterocycles. The van der Waals surface area contributed by atoms with Crippen LogP contribution in [0.5, 0.6) is 0 Å². The van der Waals surface area contributed by atoms with Crippen LogP contribution in [0.3, 0.4) is 0 Å². The molecular formula is C22H25NO4S. The Balaban J connectivity index is 1.79. The number of Topliss-reactive ketones (excluding diaryl/α,β-unsaturated/α-hetero) is 1. The molecule has 0 aliphatic carbocycles. The quantitative estimate of drug-likeness (QED) is 0.457. The molecule has 0 N–H and O–H groups in total. The van der Waals surface area contributed by atoms with E-state index in [1.165, 1.54) is 0 Å². The van der Waals surface area contributed by atoms with Gasteiger partial charge in [0.15, 0.2) is 0 Å². The number of unbranched alkanes of at least 4 members (excludes halogenated alkanes) is 5. The molecule has 1 aliphatic rings. The van der Waals surface area contributed by atoms with E-state index in [9.17, 15) is 18.0 Å². The second kappa shape index (κ2) is 8.69. The summed E-state index contributed by atoms with van der Waals surface area (Å²) in [6, 6.07) is 14.4. The smallest absolute Gasteiger partial charge is 0.283 e. The lowest BCUT2D eigenvalue weighted by Gasteiger charge is -2.17. The minimum absolute atomic E-state index is 0.127. The van der Waals surface area contributed by atoms with E-state index < -0.39 is 21.7 Å². The van der Waals surface area contributed by atoms with Gasteiger partial charge in [-0.25, -0.2) is 8.42 Å². The molecule has 2 aromatic carbocycles. The van der Waals surface area contributed by atoms with E-state index in [1.54, 1.807) is 18.2 Å². The average Bonchev–Trinajstić information content (AvgIpc) is 2.96. The van der Waals surface area contributed by atoms with Gasteiger partial charge in [0.1, 0.15) is 0 Å². The highest BCUT2D eigenvalue weighted by Crippen LogP contribution is 2.35. The predicted molar refractivity (Wildman–Crippen MR) is 111 cm³/mol. The van der Waals surface area contributed by atoms with Crippen LogP contribution in [-0.2, 0) is 14.8 Å². The first kappa shape index (κ1) is 20.3. The third-order valence-electron chi connectivity index (χ3n) is 4.98. The summed E-state index contributed by atoms with van der Waals surface area (Å²) in [5, 5.41) is 0. The first-order chi connectivity index (χ1) is 13.5. The number of anilines is 1. The van der Waals surface area contributed by atoms with Crippen molar-refractivity contribution in [3.8, 4) is 11.1 Å². The van der Waals surface area contributed by atoms with E-state index >= 15 is 0 Å². The molecule has 28 heavy (non-hydrogen) atoms. The molecule has 3 rings (SSSR count). The number of amides is 1. The Hall–Kier alpha value is -2.47. The van der Waals surface area contributed by atoms with Gasteiger partial charge in [-0.2, -0.15) is 4.31 Å². The molecule has 0 aromatic heterocycles. The maximum Gasteiger partial charge on any atom is 0.313 e. The summed E-state index contributed by atoms with van der Waals surface area (Å²) >= 11 is 0. The second-order valence-electron chi connectivity index (χ2n) is 7.08. The third-order valence-corrected chi connectivity index (χ3v) is 6.70. The average molecular weight is 400 g/mol. The standard InChI is InChI=1S/C22H25NO4S/c1-2-3-4-5-6-10-15-28(26,27)23-20-14-13-18(17-11-8-7-9-12-17)16-19(20)21(24)22(23)25/h7-9,11-14,16H,2-6,10,15H2,1H3. The van der Waals surface area contributed by atoms with Crippen LogP contribution in [-0.4, -0.2) is 25.9 Å². The minimum Gasteiger partial charge on any atom is -0.283 e. The molecule has 0 radical (unpaired) electrons. The summed E-state index contributed by atoms with van der Waals surface area (Å²) in [6.45, 7) is 2.13. The summed E-state index contributed by atoms with van der Waals surface area (Å²) in [6.07, 6.45) is 5.62. The Morgan fingerprint density at radius 3 is 2.21 bits per heavy atom. The summed E-state index contributed by atoms with van der Waals surface area (Å²) in [7, 11) is -3.86. The monoisotopic (exact) mass is 399 g/mol. The highest BCUT2D eigenvalue weighted by molar-refractivity contribution is 7.93. The van der Waals surface area contributed by atoms with Gasteiger partial charge in [0.2, 0.25) is 10.0 Å². The van der Waals surface area contributed by atoms with Gasteiger partial charge in [-0.1, -0.05) is 75.4 Å². The van der Waals surface area contributed by atoms with Crippen LogP contribution < -0.4 is 4.31 Å². The summed E-state index contributed by atoms with van der Waals surface area (Å²) in [5.41, 5.74) is 1.99. The van der Waals surface area contributed by atoms with E-state index in [0.717, 1.165) is 43.2 Å². The summed E-state index contributed by atoms with van der Waals surface area (Å²) < 4.78 is 26.2. The highest BCUT2D eigenvalue weighted by Gasteiger charge is 2.42. The van der Waals surface area contributed by atoms with Crippen LogP contribution in [0.1, 0.15) is 55.8 Å². The van der Waals surface area contributed by atoms with Crippen molar-refractivity contribution in [2.24, 2.45) is 0 Å². The Kier molecular flexibility index (Phi) is 6.29. The molecule has 1 amide bonds. The lowest BCUT2D eigenvalue weighted by Crippen LogP contribution is -2.37. The van der Waals surface area contributed by atoms with Gasteiger partial charge >= 0.3 is 5.91 Å². The van der Waals surface area contributed by atoms with Crippen LogP contribution in [0, 0.1) is 0 Å². The number of benzene rings is 2. The maximum absolute atomic E-state index is 12.7. The van der Waals surface area contributed by atoms with E-state index in [0.29, 0.717) is 10.7 Å². The van der Waals surface area contributed by atoms with Crippen molar-refractivity contribution in [1.82, 2.24) is 0 Å².